The number of thioether (sulfide) groups is 1. The Bertz CT molecular complexity index is 430. The second-order valence-corrected chi connectivity index (χ2v) is 5.77. The number of aliphatic carboxylic acids is 1. The molecule has 2 rings (SSSR count). The quantitative estimate of drug-likeness (QED) is 0.739. The maximum absolute atomic E-state index is 10.6. The van der Waals surface area contributed by atoms with E-state index in [1.54, 1.807) is 0 Å². The molecule has 0 unspecified atom stereocenters. The minimum atomic E-state index is -0.874. The number of aliphatic hydroxyl groups is 1. The van der Waals surface area contributed by atoms with Crippen LogP contribution in [-0.2, 0) is 17.9 Å². The lowest BCUT2D eigenvalue weighted by molar-refractivity contribution is -0.133. The summed E-state index contributed by atoms with van der Waals surface area (Å²) >= 11 is 1.15. The first kappa shape index (κ1) is 14.3. The zero-order chi connectivity index (χ0) is 13.7. The molecule has 6 nitrogen and oxygen atoms in total. The molecular weight excluding hydrogens is 266 g/mol. The standard InChI is InChI=1S/C12H19N3O3S/c16-7-10-13-14-12(19-8-11(17)18)15(10)6-5-9-3-1-2-4-9/h9,16H,1-8H2,(H,17,18). The van der Waals surface area contributed by atoms with Gasteiger partial charge in [-0.15, -0.1) is 10.2 Å². The summed E-state index contributed by atoms with van der Waals surface area (Å²) in [7, 11) is 0. The van der Waals surface area contributed by atoms with Crippen molar-refractivity contribution in [3.05, 3.63) is 5.82 Å². The molecule has 19 heavy (non-hydrogen) atoms. The number of carboxylic acid groups (broad SMARTS) is 1. The summed E-state index contributed by atoms with van der Waals surface area (Å²) in [4.78, 5) is 10.6. The van der Waals surface area contributed by atoms with Crippen LogP contribution >= 0.6 is 11.8 Å². The highest BCUT2D eigenvalue weighted by atomic mass is 32.2. The number of rotatable bonds is 7. The number of carbonyl (C=O) groups is 1. The van der Waals surface area contributed by atoms with Crippen LogP contribution in [0.5, 0.6) is 0 Å². The van der Waals surface area contributed by atoms with Gasteiger partial charge in [0.1, 0.15) is 6.61 Å². The first-order valence-electron chi connectivity index (χ1n) is 6.58. The molecule has 1 aromatic rings. The normalized spacial score (nSPS) is 16.1. The molecule has 1 fully saturated rings. The van der Waals surface area contributed by atoms with Gasteiger partial charge in [0.05, 0.1) is 5.75 Å². The van der Waals surface area contributed by atoms with Gasteiger partial charge in [0.2, 0.25) is 0 Å². The fraction of sp³-hybridized carbons (Fsp3) is 0.750. The SMILES string of the molecule is O=C(O)CSc1nnc(CO)n1CCC1CCCC1. The van der Waals surface area contributed by atoms with E-state index in [2.05, 4.69) is 10.2 Å². The fourth-order valence-corrected chi connectivity index (χ4v) is 3.21. The van der Waals surface area contributed by atoms with Crippen molar-refractivity contribution >= 4 is 17.7 Å². The summed E-state index contributed by atoms with van der Waals surface area (Å²) in [6, 6.07) is 0. The molecule has 2 N–H and O–H groups in total. The van der Waals surface area contributed by atoms with Crippen LogP contribution in [0.2, 0.25) is 0 Å². The third-order valence-corrected chi connectivity index (χ3v) is 4.45. The number of carboxylic acids is 1. The Labute approximate surface area is 116 Å². The Kier molecular flexibility index (Phi) is 5.21. The molecule has 1 saturated carbocycles. The summed E-state index contributed by atoms with van der Waals surface area (Å²) in [6.45, 7) is 0.598. The van der Waals surface area contributed by atoms with Crippen molar-refractivity contribution < 1.29 is 15.0 Å². The Morgan fingerprint density at radius 1 is 1.37 bits per heavy atom. The predicted octanol–water partition coefficient (Wildman–Crippen LogP) is 1.53. The number of nitrogens with zero attached hydrogens (tertiary/aromatic N) is 3. The van der Waals surface area contributed by atoms with Crippen LogP contribution in [0, 0.1) is 5.92 Å². The van der Waals surface area contributed by atoms with Crippen molar-refractivity contribution in [1.29, 1.82) is 0 Å². The second-order valence-electron chi connectivity index (χ2n) is 4.83. The monoisotopic (exact) mass is 285 g/mol. The van der Waals surface area contributed by atoms with E-state index in [1.807, 2.05) is 4.57 Å². The van der Waals surface area contributed by atoms with Crippen LogP contribution in [0.3, 0.4) is 0 Å². The van der Waals surface area contributed by atoms with Gasteiger partial charge in [-0.3, -0.25) is 4.79 Å². The van der Waals surface area contributed by atoms with E-state index in [9.17, 15) is 9.90 Å². The number of hydrogen-bond donors (Lipinski definition) is 2. The zero-order valence-corrected chi connectivity index (χ0v) is 11.6. The van der Waals surface area contributed by atoms with Crippen molar-refractivity contribution in [2.45, 2.75) is 50.4 Å². The van der Waals surface area contributed by atoms with Gasteiger partial charge in [-0.1, -0.05) is 37.4 Å². The summed E-state index contributed by atoms with van der Waals surface area (Å²) in [5, 5.41) is 26.4. The molecule has 0 bridgehead atoms. The van der Waals surface area contributed by atoms with E-state index < -0.39 is 5.97 Å². The average molecular weight is 285 g/mol. The van der Waals surface area contributed by atoms with Crippen molar-refractivity contribution in [2.24, 2.45) is 5.92 Å². The van der Waals surface area contributed by atoms with Gasteiger partial charge in [0, 0.05) is 6.54 Å². The highest BCUT2D eigenvalue weighted by Crippen LogP contribution is 2.28. The summed E-state index contributed by atoms with van der Waals surface area (Å²) in [5.41, 5.74) is 0. The van der Waals surface area contributed by atoms with E-state index in [0.717, 1.165) is 30.6 Å². The molecule has 0 amide bonds. The van der Waals surface area contributed by atoms with Crippen LogP contribution < -0.4 is 0 Å². The lowest BCUT2D eigenvalue weighted by Crippen LogP contribution is -2.09. The molecule has 0 saturated heterocycles. The molecule has 1 aliphatic carbocycles. The highest BCUT2D eigenvalue weighted by Gasteiger charge is 2.18. The van der Waals surface area contributed by atoms with Crippen molar-refractivity contribution in [3.63, 3.8) is 0 Å². The molecule has 1 aromatic heterocycles. The van der Waals surface area contributed by atoms with Crippen molar-refractivity contribution in [1.82, 2.24) is 14.8 Å². The van der Waals surface area contributed by atoms with Gasteiger partial charge < -0.3 is 14.8 Å². The largest absolute Gasteiger partial charge is 0.481 e. The van der Waals surface area contributed by atoms with Crippen LogP contribution in [0.1, 0.15) is 37.9 Å². The Morgan fingerprint density at radius 2 is 2.11 bits per heavy atom. The second kappa shape index (κ2) is 6.91. The molecule has 0 aliphatic heterocycles. The van der Waals surface area contributed by atoms with Gasteiger partial charge in [0.25, 0.3) is 0 Å². The Morgan fingerprint density at radius 3 is 2.74 bits per heavy atom. The molecule has 0 spiro atoms. The smallest absolute Gasteiger partial charge is 0.313 e. The molecule has 1 aliphatic rings. The Balaban J connectivity index is 1.98. The van der Waals surface area contributed by atoms with Gasteiger partial charge in [-0.2, -0.15) is 0 Å². The van der Waals surface area contributed by atoms with E-state index in [1.165, 1.54) is 25.7 Å². The topological polar surface area (TPSA) is 88.2 Å². The fourth-order valence-electron chi connectivity index (χ4n) is 2.50. The summed E-state index contributed by atoms with van der Waals surface area (Å²) < 4.78 is 1.85. The van der Waals surface area contributed by atoms with E-state index in [0.29, 0.717) is 11.0 Å². The minimum absolute atomic E-state index is 0.0347. The van der Waals surface area contributed by atoms with Crippen LogP contribution in [0.25, 0.3) is 0 Å². The molecule has 0 radical (unpaired) electrons. The predicted molar refractivity (Wildman–Crippen MR) is 70.9 cm³/mol. The van der Waals surface area contributed by atoms with Crippen molar-refractivity contribution in [3.8, 4) is 0 Å². The average Bonchev–Trinajstić information content (AvgIpc) is 3.02. The molecular formula is C12H19N3O3S. The number of aliphatic hydroxyl groups excluding tert-OH is 1. The van der Waals surface area contributed by atoms with E-state index in [-0.39, 0.29) is 12.4 Å². The van der Waals surface area contributed by atoms with E-state index in [4.69, 9.17) is 5.11 Å². The maximum Gasteiger partial charge on any atom is 0.313 e. The third kappa shape index (κ3) is 3.94. The highest BCUT2D eigenvalue weighted by molar-refractivity contribution is 7.99. The Hall–Kier alpha value is -1.08. The van der Waals surface area contributed by atoms with Gasteiger partial charge >= 0.3 is 5.97 Å². The summed E-state index contributed by atoms with van der Waals surface area (Å²) in [5.74, 6) is 0.352. The number of hydrogen-bond acceptors (Lipinski definition) is 5. The minimum Gasteiger partial charge on any atom is -0.481 e. The lowest BCUT2D eigenvalue weighted by Gasteiger charge is -2.12. The molecule has 0 aromatic carbocycles. The molecule has 106 valence electrons. The first-order valence-corrected chi connectivity index (χ1v) is 7.56. The van der Waals surface area contributed by atoms with Gasteiger partial charge in [-0.05, 0) is 12.3 Å². The third-order valence-electron chi connectivity index (χ3n) is 3.50. The van der Waals surface area contributed by atoms with Crippen LogP contribution in [0.4, 0.5) is 0 Å². The maximum atomic E-state index is 10.6. The van der Waals surface area contributed by atoms with Gasteiger partial charge in [0.15, 0.2) is 11.0 Å². The lowest BCUT2D eigenvalue weighted by atomic mass is 10.0. The van der Waals surface area contributed by atoms with E-state index >= 15 is 0 Å². The van der Waals surface area contributed by atoms with Crippen LogP contribution in [-0.4, -0.2) is 36.7 Å². The van der Waals surface area contributed by atoms with Crippen LogP contribution in [0.15, 0.2) is 5.16 Å². The first-order chi connectivity index (χ1) is 9.20. The molecule has 0 atom stereocenters. The zero-order valence-electron chi connectivity index (χ0n) is 10.8. The number of aromatic nitrogens is 3. The van der Waals surface area contributed by atoms with Gasteiger partial charge in [-0.25, -0.2) is 0 Å². The molecule has 7 heteroatoms. The molecule has 1 heterocycles. The summed E-state index contributed by atoms with van der Waals surface area (Å²) in [6.07, 6.45) is 6.20. The van der Waals surface area contributed by atoms with Crippen molar-refractivity contribution in [2.75, 3.05) is 5.75 Å².